The first kappa shape index (κ1) is 16.9. The Labute approximate surface area is 119 Å². The van der Waals surface area contributed by atoms with Crippen LogP contribution in [0.25, 0.3) is 0 Å². The van der Waals surface area contributed by atoms with Crippen LogP contribution in [-0.4, -0.2) is 48.8 Å². The lowest BCUT2D eigenvalue weighted by atomic mass is 10.0. The van der Waals surface area contributed by atoms with Gasteiger partial charge in [-0.05, 0) is 52.2 Å². The van der Waals surface area contributed by atoms with Crippen molar-refractivity contribution < 1.29 is 5.11 Å². The van der Waals surface area contributed by atoms with Gasteiger partial charge < -0.3 is 15.3 Å². The molecule has 0 aliphatic carbocycles. The van der Waals surface area contributed by atoms with Crippen LogP contribution in [0.15, 0.2) is 0 Å². The van der Waals surface area contributed by atoms with Gasteiger partial charge in [0.15, 0.2) is 0 Å². The lowest BCUT2D eigenvalue weighted by Gasteiger charge is -2.32. The average molecular weight is 270 g/mol. The van der Waals surface area contributed by atoms with Gasteiger partial charge in [0.2, 0.25) is 0 Å². The fraction of sp³-hybridized carbons (Fsp3) is 1.00. The third-order valence-electron chi connectivity index (χ3n) is 4.28. The van der Waals surface area contributed by atoms with Crippen molar-refractivity contribution in [3.63, 3.8) is 0 Å². The molecule has 1 saturated heterocycles. The molecule has 0 spiro atoms. The molecule has 1 aliphatic rings. The number of nitrogens with one attached hydrogen (secondary N) is 1. The molecular formula is C16H34N2O. The predicted octanol–water partition coefficient (Wildman–Crippen LogP) is 2.78. The van der Waals surface area contributed by atoms with Crippen molar-refractivity contribution in [1.82, 2.24) is 10.2 Å². The molecule has 0 aromatic rings. The van der Waals surface area contributed by atoms with E-state index in [0.717, 1.165) is 19.1 Å². The summed E-state index contributed by atoms with van der Waals surface area (Å²) in [6.45, 7) is 7.13. The molecule has 0 saturated carbocycles. The van der Waals surface area contributed by atoms with E-state index in [1.165, 1.54) is 70.9 Å². The van der Waals surface area contributed by atoms with Gasteiger partial charge >= 0.3 is 0 Å². The first-order valence-electron chi connectivity index (χ1n) is 8.40. The van der Waals surface area contributed by atoms with Gasteiger partial charge in [0.25, 0.3) is 0 Å². The van der Waals surface area contributed by atoms with E-state index in [2.05, 4.69) is 17.1 Å². The Morgan fingerprint density at radius 2 is 1.63 bits per heavy atom. The van der Waals surface area contributed by atoms with Crippen molar-refractivity contribution in [2.45, 2.75) is 70.8 Å². The van der Waals surface area contributed by atoms with Crippen LogP contribution in [0.1, 0.15) is 64.7 Å². The maximum absolute atomic E-state index is 8.63. The van der Waals surface area contributed by atoms with Gasteiger partial charge in [-0.3, -0.25) is 0 Å². The quantitative estimate of drug-likeness (QED) is 0.567. The number of likely N-dealkylation sites (tertiary alicyclic amines) is 1. The van der Waals surface area contributed by atoms with Crippen LogP contribution in [0.2, 0.25) is 0 Å². The van der Waals surface area contributed by atoms with Gasteiger partial charge in [-0.15, -0.1) is 0 Å². The molecule has 0 aromatic carbocycles. The molecule has 1 fully saturated rings. The van der Waals surface area contributed by atoms with E-state index < -0.39 is 0 Å². The maximum Gasteiger partial charge on any atom is 0.0555 e. The number of aliphatic hydroxyl groups excluding tert-OH is 1. The Balaban J connectivity index is 1.84. The molecule has 0 radical (unpaired) electrons. The monoisotopic (exact) mass is 270 g/mol. The number of nitrogens with zero attached hydrogens (tertiary/aromatic N) is 1. The molecule has 0 amide bonds. The fourth-order valence-electron chi connectivity index (χ4n) is 2.97. The average Bonchev–Trinajstić information content (AvgIpc) is 2.46. The summed E-state index contributed by atoms with van der Waals surface area (Å²) in [5.41, 5.74) is 0. The van der Waals surface area contributed by atoms with Gasteiger partial charge in [-0.25, -0.2) is 0 Å². The van der Waals surface area contributed by atoms with E-state index in [-0.39, 0.29) is 6.61 Å². The van der Waals surface area contributed by atoms with Gasteiger partial charge in [-0.2, -0.15) is 0 Å². The standard InChI is InChI=1S/C16H34N2O/c1-16(18-13-8-5-9-14-18)10-6-3-2-4-7-11-17-12-15-19/h16-17,19H,2-15H2,1H3. The first-order valence-corrected chi connectivity index (χ1v) is 8.40. The molecular weight excluding hydrogens is 236 g/mol. The van der Waals surface area contributed by atoms with Crippen LogP contribution >= 0.6 is 0 Å². The molecule has 1 atom stereocenters. The summed E-state index contributed by atoms with van der Waals surface area (Å²) >= 11 is 0. The first-order chi connectivity index (χ1) is 9.34. The molecule has 1 rings (SSSR count). The summed E-state index contributed by atoms with van der Waals surface area (Å²) in [6, 6.07) is 0.798. The highest BCUT2D eigenvalue weighted by atomic mass is 16.3. The number of rotatable bonds is 11. The minimum atomic E-state index is 0.258. The SMILES string of the molecule is CC(CCCCCCCNCCO)N1CCCCC1. The summed E-state index contributed by atoms with van der Waals surface area (Å²) < 4.78 is 0. The smallest absolute Gasteiger partial charge is 0.0555 e. The molecule has 2 N–H and O–H groups in total. The van der Waals surface area contributed by atoms with Gasteiger partial charge in [-0.1, -0.05) is 32.1 Å². The van der Waals surface area contributed by atoms with Gasteiger partial charge in [0, 0.05) is 12.6 Å². The normalized spacial score (nSPS) is 18.6. The Morgan fingerprint density at radius 1 is 0.947 bits per heavy atom. The van der Waals surface area contributed by atoms with Crippen LogP contribution in [0, 0.1) is 0 Å². The van der Waals surface area contributed by atoms with Gasteiger partial charge in [0.1, 0.15) is 0 Å². The second-order valence-corrected chi connectivity index (χ2v) is 5.98. The van der Waals surface area contributed by atoms with Crippen LogP contribution in [0.5, 0.6) is 0 Å². The van der Waals surface area contributed by atoms with E-state index in [1.54, 1.807) is 0 Å². The molecule has 1 heterocycles. The summed E-state index contributed by atoms with van der Waals surface area (Å²) in [4.78, 5) is 2.68. The minimum Gasteiger partial charge on any atom is -0.395 e. The second-order valence-electron chi connectivity index (χ2n) is 5.98. The Hall–Kier alpha value is -0.120. The molecule has 0 bridgehead atoms. The van der Waals surface area contributed by atoms with Crippen molar-refractivity contribution >= 4 is 0 Å². The van der Waals surface area contributed by atoms with E-state index in [0.29, 0.717) is 0 Å². The minimum absolute atomic E-state index is 0.258. The summed E-state index contributed by atoms with van der Waals surface area (Å²) in [5, 5.41) is 11.9. The summed E-state index contributed by atoms with van der Waals surface area (Å²) in [6.07, 6.45) is 12.4. The molecule has 3 nitrogen and oxygen atoms in total. The van der Waals surface area contributed by atoms with E-state index in [4.69, 9.17) is 5.11 Å². The lowest BCUT2D eigenvalue weighted by Crippen LogP contribution is -2.37. The molecule has 1 aliphatic heterocycles. The number of unbranched alkanes of at least 4 members (excludes halogenated alkanes) is 4. The highest BCUT2D eigenvalue weighted by molar-refractivity contribution is 4.71. The van der Waals surface area contributed by atoms with Crippen molar-refractivity contribution in [3.8, 4) is 0 Å². The number of hydrogen-bond donors (Lipinski definition) is 2. The summed E-state index contributed by atoms with van der Waals surface area (Å²) in [7, 11) is 0. The highest BCUT2D eigenvalue weighted by Gasteiger charge is 2.15. The summed E-state index contributed by atoms with van der Waals surface area (Å²) in [5.74, 6) is 0. The second kappa shape index (κ2) is 11.7. The number of hydrogen-bond acceptors (Lipinski definition) is 3. The third-order valence-corrected chi connectivity index (χ3v) is 4.28. The fourth-order valence-corrected chi connectivity index (χ4v) is 2.97. The van der Waals surface area contributed by atoms with E-state index in [1.807, 2.05) is 0 Å². The Morgan fingerprint density at radius 3 is 2.37 bits per heavy atom. The number of piperidine rings is 1. The molecule has 114 valence electrons. The highest BCUT2D eigenvalue weighted by Crippen LogP contribution is 2.16. The zero-order valence-electron chi connectivity index (χ0n) is 12.9. The third kappa shape index (κ3) is 8.61. The largest absolute Gasteiger partial charge is 0.395 e. The van der Waals surface area contributed by atoms with Gasteiger partial charge in [0.05, 0.1) is 6.61 Å². The topological polar surface area (TPSA) is 35.5 Å². The molecule has 0 aromatic heterocycles. The van der Waals surface area contributed by atoms with Crippen molar-refractivity contribution in [1.29, 1.82) is 0 Å². The van der Waals surface area contributed by atoms with Crippen LogP contribution in [0.3, 0.4) is 0 Å². The van der Waals surface area contributed by atoms with E-state index in [9.17, 15) is 0 Å². The predicted molar refractivity (Wildman–Crippen MR) is 82.5 cm³/mol. The van der Waals surface area contributed by atoms with Crippen molar-refractivity contribution in [2.75, 3.05) is 32.8 Å². The van der Waals surface area contributed by atoms with Crippen LogP contribution in [0.4, 0.5) is 0 Å². The maximum atomic E-state index is 8.63. The Kier molecular flexibility index (Phi) is 10.4. The zero-order chi connectivity index (χ0) is 13.8. The lowest BCUT2D eigenvalue weighted by molar-refractivity contribution is 0.164. The Bertz CT molecular complexity index is 193. The molecule has 19 heavy (non-hydrogen) atoms. The van der Waals surface area contributed by atoms with Crippen molar-refractivity contribution in [3.05, 3.63) is 0 Å². The zero-order valence-corrected chi connectivity index (χ0v) is 12.9. The van der Waals surface area contributed by atoms with E-state index >= 15 is 0 Å². The molecule has 3 heteroatoms. The van der Waals surface area contributed by atoms with Crippen molar-refractivity contribution in [2.24, 2.45) is 0 Å². The van der Waals surface area contributed by atoms with Crippen LogP contribution < -0.4 is 5.32 Å². The molecule has 1 unspecified atom stereocenters. The number of aliphatic hydroxyl groups is 1. The van der Waals surface area contributed by atoms with Crippen LogP contribution in [-0.2, 0) is 0 Å².